The molecular formula is C16H25ClN2OS. The molecule has 0 aliphatic carbocycles. The number of carbonyl (C=O) groups excluding carboxylic acids is 1. The summed E-state index contributed by atoms with van der Waals surface area (Å²) in [6, 6.07) is 7.38. The number of halogens is 1. The van der Waals surface area contributed by atoms with Crippen LogP contribution in [0.15, 0.2) is 24.3 Å². The molecule has 0 aromatic heterocycles. The molecule has 118 valence electrons. The number of amides is 1. The Morgan fingerprint density at radius 3 is 2.52 bits per heavy atom. The lowest BCUT2D eigenvalue weighted by molar-refractivity contribution is -0.132. The predicted molar refractivity (Wildman–Crippen MR) is 93.0 cm³/mol. The van der Waals surface area contributed by atoms with E-state index in [0.717, 1.165) is 24.4 Å². The van der Waals surface area contributed by atoms with Crippen LogP contribution >= 0.6 is 24.2 Å². The van der Waals surface area contributed by atoms with Gasteiger partial charge in [-0.2, -0.15) is 11.8 Å². The molecule has 1 aromatic rings. The van der Waals surface area contributed by atoms with Crippen LogP contribution in [0.1, 0.15) is 31.0 Å². The second kappa shape index (κ2) is 8.06. The van der Waals surface area contributed by atoms with Gasteiger partial charge in [0, 0.05) is 24.1 Å². The summed E-state index contributed by atoms with van der Waals surface area (Å²) >= 11 is 1.97. The van der Waals surface area contributed by atoms with Gasteiger partial charge < -0.3 is 10.6 Å². The highest BCUT2D eigenvalue weighted by atomic mass is 35.5. The van der Waals surface area contributed by atoms with Crippen molar-refractivity contribution in [3.63, 3.8) is 0 Å². The normalized spacial score (nSPS) is 20.0. The number of thioether (sulfide) groups is 1. The van der Waals surface area contributed by atoms with Gasteiger partial charge in [-0.25, -0.2) is 0 Å². The highest BCUT2D eigenvalue weighted by molar-refractivity contribution is 8.00. The van der Waals surface area contributed by atoms with Gasteiger partial charge in [-0.05, 0) is 18.4 Å². The summed E-state index contributed by atoms with van der Waals surface area (Å²) in [7, 11) is 0. The Labute approximate surface area is 138 Å². The molecule has 2 rings (SSSR count). The van der Waals surface area contributed by atoms with Gasteiger partial charge in [0.15, 0.2) is 0 Å². The lowest BCUT2D eigenvalue weighted by atomic mass is 10.0. The summed E-state index contributed by atoms with van der Waals surface area (Å²) in [5, 5.41) is 0.526. The molecule has 0 saturated carbocycles. The third-order valence-electron chi connectivity index (χ3n) is 3.85. The van der Waals surface area contributed by atoms with Crippen LogP contribution in [0.3, 0.4) is 0 Å². The van der Waals surface area contributed by atoms with Crippen molar-refractivity contribution < 1.29 is 4.79 Å². The summed E-state index contributed by atoms with van der Waals surface area (Å²) in [5.74, 6) is 1.65. The smallest absolute Gasteiger partial charge is 0.244 e. The molecule has 21 heavy (non-hydrogen) atoms. The Kier molecular flexibility index (Phi) is 7.04. The minimum atomic E-state index is -0.536. The number of nitrogens with zero attached hydrogens (tertiary/aromatic N) is 1. The van der Waals surface area contributed by atoms with Crippen molar-refractivity contribution >= 4 is 30.1 Å². The van der Waals surface area contributed by atoms with E-state index in [9.17, 15) is 4.79 Å². The van der Waals surface area contributed by atoms with Crippen molar-refractivity contribution in [2.75, 3.05) is 18.8 Å². The highest BCUT2D eigenvalue weighted by Gasteiger charge is 2.29. The molecule has 1 heterocycles. The fourth-order valence-electron chi connectivity index (χ4n) is 2.39. The van der Waals surface area contributed by atoms with E-state index in [4.69, 9.17) is 5.73 Å². The average molecular weight is 329 g/mol. The van der Waals surface area contributed by atoms with Gasteiger partial charge in [-0.1, -0.05) is 43.7 Å². The molecule has 0 spiro atoms. The number of hydrogen-bond donors (Lipinski definition) is 1. The van der Waals surface area contributed by atoms with E-state index in [-0.39, 0.29) is 18.3 Å². The van der Waals surface area contributed by atoms with E-state index in [0.29, 0.717) is 11.2 Å². The van der Waals surface area contributed by atoms with Crippen LogP contribution in [0.25, 0.3) is 0 Å². The quantitative estimate of drug-likeness (QED) is 0.927. The second-order valence-corrected chi connectivity index (χ2v) is 7.17. The third kappa shape index (κ3) is 4.63. The van der Waals surface area contributed by atoms with Crippen molar-refractivity contribution in [3.8, 4) is 0 Å². The lowest BCUT2D eigenvalue weighted by Crippen LogP contribution is -2.47. The molecule has 2 N–H and O–H groups in total. The van der Waals surface area contributed by atoms with Gasteiger partial charge in [-0.3, -0.25) is 4.79 Å². The van der Waals surface area contributed by atoms with Gasteiger partial charge in [0.25, 0.3) is 0 Å². The zero-order valence-electron chi connectivity index (χ0n) is 12.9. The van der Waals surface area contributed by atoms with Crippen LogP contribution in [-0.4, -0.2) is 34.9 Å². The molecule has 2 atom stereocenters. The number of hydrogen-bond acceptors (Lipinski definition) is 3. The first-order valence-corrected chi connectivity index (χ1v) is 8.26. The number of rotatable bonds is 3. The van der Waals surface area contributed by atoms with Crippen molar-refractivity contribution in [1.82, 2.24) is 4.90 Å². The van der Waals surface area contributed by atoms with Gasteiger partial charge in [-0.15, -0.1) is 12.4 Å². The number of nitrogens with two attached hydrogens (primary N) is 1. The van der Waals surface area contributed by atoms with Crippen LogP contribution in [0.2, 0.25) is 0 Å². The van der Waals surface area contributed by atoms with Crippen LogP contribution in [0, 0.1) is 12.8 Å². The summed E-state index contributed by atoms with van der Waals surface area (Å²) in [5.41, 5.74) is 8.23. The molecule has 5 heteroatoms. The third-order valence-corrected chi connectivity index (χ3v) is 5.39. The first kappa shape index (κ1) is 18.3. The van der Waals surface area contributed by atoms with E-state index < -0.39 is 6.04 Å². The molecule has 0 radical (unpaired) electrons. The molecule has 1 aliphatic rings. The van der Waals surface area contributed by atoms with Gasteiger partial charge in [0.05, 0.1) is 0 Å². The average Bonchev–Trinajstić information content (AvgIpc) is 2.46. The molecular weight excluding hydrogens is 304 g/mol. The topological polar surface area (TPSA) is 46.3 Å². The molecule has 2 unspecified atom stereocenters. The van der Waals surface area contributed by atoms with E-state index in [1.165, 1.54) is 5.56 Å². The second-order valence-electron chi connectivity index (χ2n) is 5.83. The van der Waals surface area contributed by atoms with Crippen molar-refractivity contribution in [2.24, 2.45) is 11.7 Å². The largest absolute Gasteiger partial charge is 0.339 e. The van der Waals surface area contributed by atoms with Crippen LogP contribution in [-0.2, 0) is 4.79 Å². The monoisotopic (exact) mass is 328 g/mol. The molecule has 1 fully saturated rings. The number of carbonyl (C=O) groups is 1. The van der Waals surface area contributed by atoms with E-state index in [2.05, 4.69) is 13.8 Å². The number of aryl methyl sites for hydroxylation is 1. The predicted octanol–water partition coefficient (Wildman–Crippen LogP) is 3.02. The lowest BCUT2D eigenvalue weighted by Gasteiger charge is -2.35. The maximum Gasteiger partial charge on any atom is 0.244 e. The summed E-state index contributed by atoms with van der Waals surface area (Å²) in [4.78, 5) is 14.5. The van der Waals surface area contributed by atoms with Crippen molar-refractivity contribution in [1.29, 1.82) is 0 Å². The summed E-state index contributed by atoms with van der Waals surface area (Å²) in [6.07, 6.45) is 0. The zero-order chi connectivity index (χ0) is 14.7. The molecule has 3 nitrogen and oxygen atoms in total. The maximum atomic E-state index is 12.5. The zero-order valence-corrected chi connectivity index (χ0v) is 14.5. The van der Waals surface area contributed by atoms with Crippen LogP contribution < -0.4 is 5.73 Å². The Bertz CT molecular complexity index is 464. The van der Waals surface area contributed by atoms with E-state index in [1.807, 2.05) is 47.9 Å². The minimum Gasteiger partial charge on any atom is -0.339 e. The highest BCUT2D eigenvalue weighted by Crippen LogP contribution is 2.26. The Balaban J connectivity index is 0.00000220. The van der Waals surface area contributed by atoms with Crippen molar-refractivity contribution in [2.45, 2.75) is 32.1 Å². The fourth-order valence-corrected chi connectivity index (χ4v) is 3.69. The number of benzene rings is 1. The van der Waals surface area contributed by atoms with E-state index >= 15 is 0 Å². The van der Waals surface area contributed by atoms with Gasteiger partial charge in [0.1, 0.15) is 6.04 Å². The first-order valence-electron chi connectivity index (χ1n) is 7.21. The molecule has 1 amide bonds. The summed E-state index contributed by atoms with van der Waals surface area (Å²) in [6.45, 7) is 8.09. The molecule has 1 saturated heterocycles. The Morgan fingerprint density at radius 1 is 1.33 bits per heavy atom. The Morgan fingerprint density at radius 2 is 1.95 bits per heavy atom. The first-order chi connectivity index (χ1) is 9.49. The standard InChI is InChI=1S/C16H24N2OS.ClH/c1-11(2)14-10-18(8-9-20-14)16(19)15(17)13-6-4-12(3)5-7-13;/h4-7,11,14-15H,8-10,17H2,1-3H3;1H. The summed E-state index contributed by atoms with van der Waals surface area (Å²) < 4.78 is 0. The Hall–Kier alpha value is -0.710. The molecule has 0 bridgehead atoms. The van der Waals surface area contributed by atoms with Crippen LogP contribution in [0.4, 0.5) is 0 Å². The van der Waals surface area contributed by atoms with Gasteiger partial charge >= 0.3 is 0 Å². The van der Waals surface area contributed by atoms with E-state index in [1.54, 1.807) is 0 Å². The molecule has 1 aliphatic heterocycles. The minimum absolute atomic E-state index is 0. The maximum absolute atomic E-state index is 12.5. The molecule has 1 aromatic carbocycles. The van der Waals surface area contributed by atoms with Gasteiger partial charge in [0.2, 0.25) is 5.91 Å². The van der Waals surface area contributed by atoms with Crippen molar-refractivity contribution in [3.05, 3.63) is 35.4 Å². The SMILES string of the molecule is Cc1ccc(C(N)C(=O)N2CCSC(C(C)C)C2)cc1.Cl. The fraction of sp³-hybridized carbons (Fsp3) is 0.562. The van der Waals surface area contributed by atoms with Crippen LogP contribution in [0.5, 0.6) is 0 Å².